The molecule has 1 aromatic rings. The van der Waals surface area contributed by atoms with Crippen molar-refractivity contribution in [3.8, 4) is 0 Å². The van der Waals surface area contributed by atoms with Gasteiger partial charge in [0.1, 0.15) is 12.4 Å². The van der Waals surface area contributed by atoms with E-state index >= 15 is 0 Å². The molecule has 0 fully saturated rings. The van der Waals surface area contributed by atoms with Crippen molar-refractivity contribution in [3.63, 3.8) is 0 Å². The summed E-state index contributed by atoms with van der Waals surface area (Å²) in [5.41, 5.74) is 0. The Labute approximate surface area is 53.1 Å². The summed E-state index contributed by atoms with van der Waals surface area (Å²) >= 11 is 0. The Bertz CT molecular complexity index is 194. The van der Waals surface area contributed by atoms with Gasteiger partial charge < -0.3 is 9.67 Å². The Hall–Kier alpha value is -0.900. The molecule has 0 saturated heterocycles. The fourth-order valence-corrected chi connectivity index (χ4v) is 0.670. The zero-order chi connectivity index (χ0) is 6.85. The molecule has 0 unspecified atom stereocenters. The van der Waals surface area contributed by atoms with Crippen LogP contribution in [0.3, 0.4) is 0 Å². The molecule has 1 rings (SSSR count). The maximum Gasteiger partial charge on any atom is 0.161 e. The van der Waals surface area contributed by atoms with Gasteiger partial charge in [-0.3, -0.25) is 0 Å². The average molecular weight is 127 g/mol. The van der Waals surface area contributed by atoms with Crippen LogP contribution in [0.15, 0.2) is 6.33 Å². The summed E-state index contributed by atoms with van der Waals surface area (Å²) < 4.78 is 1.69. The largest absolute Gasteiger partial charge is 0.385 e. The van der Waals surface area contributed by atoms with Gasteiger partial charge in [0.25, 0.3) is 0 Å². The third-order valence-electron chi connectivity index (χ3n) is 1.12. The first-order valence-electron chi connectivity index (χ1n) is 2.74. The summed E-state index contributed by atoms with van der Waals surface area (Å²) in [7, 11) is 1.79. The van der Waals surface area contributed by atoms with Gasteiger partial charge in [-0.05, 0) is 6.92 Å². The van der Waals surface area contributed by atoms with Crippen LogP contribution in [0.25, 0.3) is 0 Å². The number of aromatic nitrogens is 3. The number of nitrogens with zero attached hydrogens (tertiary/aromatic N) is 3. The molecule has 0 aliphatic rings. The topological polar surface area (TPSA) is 50.9 Å². The van der Waals surface area contributed by atoms with Gasteiger partial charge >= 0.3 is 0 Å². The van der Waals surface area contributed by atoms with E-state index in [4.69, 9.17) is 5.11 Å². The maximum absolute atomic E-state index is 8.97. The van der Waals surface area contributed by atoms with Crippen molar-refractivity contribution in [2.45, 2.75) is 13.0 Å². The van der Waals surface area contributed by atoms with Crippen molar-refractivity contribution < 1.29 is 5.11 Å². The predicted molar refractivity (Wildman–Crippen MR) is 31.6 cm³/mol. The van der Waals surface area contributed by atoms with Gasteiger partial charge in [0.05, 0.1) is 0 Å². The Kier molecular flexibility index (Phi) is 1.48. The van der Waals surface area contributed by atoms with E-state index in [0.717, 1.165) is 0 Å². The summed E-state index contributed by atoms with van der Waals surface area (Å²) in [6.45, 7) is 1.66. The average Bonchev–Trinajstić information content (AvgIpc) is 2.13. The Morgan fingerprint density at radius 1 is 1.78 bits per heavy atom. The van der Waals surface area contributed by atoms with Gasteiger partial charge in [-0.1, -0.05) is 0 Å². The van der Waals surface area contributed by atoms with Gasteiger partial charge in [-0.25, -0.2) is 0 Å². The molecule has 0 spiro atoms. The number of hydrogen-bond donors (Lipinski definition) is 1. The van der Waals surface area contributed by atoms with Crippen molar-refractivity contribution in [2.75, 3.05) is 0 Å². The molecular formula is C5H9N3O. The van der Waals surface area contributed by atoms with Crippen LogP contribution in [-0.2, 0) is 7.05 Å². The highest BCUT2D eigenvalue weighted by molar-refractivity contribution is 4.86. The van der Waals surface area contributed by atoms with Crippen molar-refractivity contribution in [2.24, 2.45) is 7.05 Å². The second-order valence-corrected chi connectivity index (χ2v) is 1.98. The molecule has 0 aliphatic heterocycles. The molecule has 4 nitrogen and oxygen atoms in total. The molecule has 0 bridgehead atoms. The maximum atomic E-state index is 8.97. The summed E-state index contributed by atoms with van der Waals surface area (Å²) in [6, 6.07) is 0. The van der Waals surface area contributed by atoms with E-state index in [1.54, 1.807) is 24.9 Å². The van der Waals surface area contributed by atoms with Gasteiger partial charge in [0.2, 0.25) is 0 Å². The third kappa shape index (κ3) is 1.08. The van der Waals surface area contributed by atoms with Crippen LogP contribution in [0.1, 0.15) is 18.9 Å². The molecular weight excluding hydrogens is 118 g/mol. The number of aryl methyl sites for hydroxylation is 1. The molecule has 1 atom stereocenters. The summed E-state index contributed by atoms with van der Waals surface area (Å²) in [5.74, 6) is 0.593. The van der Waals surface area contributed by atoms with Crippen molar-refractivity contribution >= 4 is 0 Å². The van der Waals surface area contributed by atoms with Gasteiger partial charge in [0, 0.05) is 7.05 Å². The third-order valence-corrected chi connectivity index (χ3v) is 1.12. The van der Waals surface area contributed by atoms with Crippen LogP contribution in [0.4, 0.5) is 0 Å². The quantitative estimate of drug-likeness (QED) is 0.571. The minimum absolute atomic E-state index is 0.530. The highest BCUT2D eigenvalue weighted by Gasteiger charge is 2.05. The lowest BCUT2D eigenvalue weighted by molar-refractivity contribution is 0.185. The highest BCUT2D eigenvalue weighted by Crippen LogP contribution is 2.04. The monoisotopic (exact) mass is 127 g/mol. The fourth-order valence-electron chi connectivity index (χ4n) is 0.670. The zero-order valence-electron chi connectivity index (χ0n) is 5.44. The van der Waals surface area contributed by atoms with E-state index in [1.165, 1.54) is 0 Å². The summed E-state index contributed by atoms with van der Waals surface area (Å²) in [5, 5.41) is 16.2. The van der Waals surface area contributed by atoms with Crippen molar-refractivity contribution in [3.05, 3.63) is 12.2 Å². The normalized spacial score (nSPS) is 13.7. The lowest BCUT2D eigenvalue weighted by atomic mass is 10.4. The Balaban J connectivity index is 2.94. The summed E-state index contributed by atoms with van der Waals surface area (Å²) in [6.07, 6.45) is 1.03. The fraction of sp³-hybridized carbons (Fsp3) is 0.600. The molecule has 0 aliphatic carbocycles. The van der Waals surface area contributed by atoms with E-state index in [9.17, 15) is 0 Å². The molecule has 0 amide bonds. The first-order valence-corrected chi connectivity index (χ1v) is 2.74. The lowest BCUT2D eigenvalue weighted by Gasteiger charge is -1.99. The van der Waals surface area contributed by atoms with Crippen LogP contribution in [-0.4, -0.2) is 19.9 Å². The second kappa shape index (κ2) is 2.14. The van der Waals surface area contributed by atoms with E-state index in [1.807, 2.05) is 0 Å². The van der Waals surface area contributed by atoms with Crippen LogP contribution in [0, 0.1) is 0 Å². The second-order valence-electron chi connectivity index (χ2n) is 1.98. The van der Waals surface area contributed by atoms with Crippen LogP contribution in [0.5, 0.6) is 0 Å². The smallest absolute Gasteiger partial charge is 0.161 e. The Morgan fingerprint density at radius 2 is 2.44 bits per heavy atom. The first-order chi connectivity index (χ1) is 4.22. The number of rotatable bonds is 1. The molecule has 1 heterocycles. The van der Waals surface area contributed by atoms with Crippen LogP contribution >= 0.6 is 0 Å². The molecule has 4 heteroatoms. The van der Waals surface area contributed by atoms with E-state index in [-0.39, 0.29) is 0 Å². The molecule has 1 aromatic heterocycles. The SMILES string of the molecule is C[C@@H](O)c1nncn1C. The Morgan fingerprint density at radius 3 is 2.67 bits per heavy atom. The number of hydrogen-bond acceptors (Lipinski definition) is 3. The van der Waals surface area contributed by atoms with Gasteiger partial charge in [0.15, 0.2) is 5.82 Å². The minimum Gasteiger partial charge on any atom is -0.385 e. The van der Waals surface area contributed by atoms with E-state index < -0.39 is 6.10 Å². The van der Waals surface area contributed by atoms with E-state index in [2.05, 4.69) is 10.2 Å². The molecule has 50 valence electrons. The minimum atomic E-state index is -0.530. The molecule has 0 aromatic carbocycles. The van der Waals surface area contributed by atoms with Crippen molar-refractivity contribution in [1.29, 1.82) is 0 Å². The molecule has 1 N–H and O–H groups in total. The number of aliphatic hydroxyl groups is 1. The molecule has 0 radical (unpaired) electrons. The highest BCUT2D eigenvalue weighted by atomic mass is 16.3. The molecule has 0 saturated carbocycles. The van der Waals surface area contributed by atoms with Gasteiger partial charge in [-0.2, -0.15) is 0 Å². The lowest BCUT2D eigenvalue weighted by Crippen LogP contribution is -2.00. The number of aliphatic hydroxyl groups excluding tert-OH is 1. The molecule has 9 heavy (non-hydrogen) atoms. The van der Waals surface area contributed by atoms with E-state index in [0.29, 0.717) is 5.82 Å². The van der Waals surface area contributed by atoms with Crippen molar-refractivity contribution in [1.82, 2.24) is 14.8 Å². The zero-order valence-corrected chi connectivity index (χ0v) is 5.44. The van der Waals surface area contributed by atoms with Crippen LogP contribution in [0.2, 0.25) is 0 Å². The predicted octanol–water partition coefficient (Wildman–Crippen LogP) is -0.132. The van der Waals surface area contributed by atoms with Gasteiger partial charge in [-0.15, -0.1) is 10.2 Å². The van der Waals surface area contributed by atoms with Crippen LogP contribution < -0.4 is 0 Å². The first kappa shape index (κ1) is 6.22. The summed E-state index contributed by atoms with van der Waals surface area (Å²) in [4.78, 5) is 0. The standard InChI is InChI=1S/C5H9N3O/c1-4(9)5-7-6-3-8(5)2/h3-4,9H,1-2H3/t4-/m1/s1.